The van der Waals surface area contributed by atoms with Gasteiger partial charge in [-0.15, -0.1) is 0 Å². The minimum atomic E-state index is 0.892. The molecule has 0 saturated carbocycles. The fourth-order valence-electron chi connectivity index (χ4n) is 8.22. The van der Waals surface area contributed by atoms with Crippen LogP contribution >= 0.6 is 0 Å². The van der Waals surface area contributed by atoms with E-state index in [4.69, 9.17) is 4.42 Å². The normalized spacial score (nSPS) is 11.9. The third kappa shape index (κ3) is 4.19. The SMILES string of the molecule is c1ccc(-c2ccc(-c3cccc(-n4c5ccccc5c5c4ccc4c6ccccc6n(-c6ccc7c(c6)oc6ccccc67)c45)c3)cc2)cc1. The van der Waals surface area contributed by atoms with Gasteiger partial charge in [0.15, 0.2) is 0 Å². The smallest absolute Gasteiger partial charge is 0.137 e. The molecule has 51 heavy (non-hydrogen) atoms. The standard InChI is InChI=1S/C48H30N2O/c1-2-11-31(12-3-1)32-21-23-33(24-22-32)34-13-10-14-35(29-34)49-43-19-8-5-17-41(43)47-44(49)28-27-40-37-15-4-7-18-42(37)50(48(40)47)36-25-26-39-38-16-6-9-20-45(38)51-46(39)30-36/h1-30H. The first-order chi connectivity index (χ1) is 25.3. The van der Waals surface area contributed by atoms with Gasteiger partial charge in [-0.3, -0.25) is 0 Å². The van der Waals surface area contributed by atoms with Gasteiger partial charge in [-0.25, -0.2) is 0 Å². The van der Waals surface area contributed by atoms with Crippen molar-refractivity contribution in [2.24, 2.45) is 0 Å². The fourth-order valence-corrected chi connectivity index (χ4v) is 8.22. The average molecular weight is 651 g/mol. The number of nitrogens with zero attached hydrogens (tertiary/aromatic N) is 2. The Morgan fingerprint density at radius 2 is 0.902 bits per heavy atom. The molecule has 0 amide bonds. The number of hydrogen-bond acceptors (Lipinski definition) is 1. The number of aromatic nitrogens is 2. The van der Waals surface area contributed by atoms with Crippen molar-refractivity contribution < 1.29 is 4.42 Å². The maximum absolute atomic E-state index is 6.39. The molecule has 0 fully saturated rings. The van der Waals surface area contributed by atoms with Crippen molar-refractivity contribution in [3.8, 4) is 33.6 Å². The third-order valence-corrected chi connectivity index (χ3v) is 10.5. The summed E-state index contributed by atoms with van der Waals surface area (Å²) in [6.45, 7) is 0. The molecule has 3 nitrogen and oxygen atoms in total. The van der Waals surface area contributed by atoms with Crippen LogP contribution in [0.3, 0.4) is 0 Å². The maximum Gasteiger partial charge on any atom is 0.137 e. The van der Waals surface area contributed by atoms with E-state index in [0.29, 0.717) is 0 Å². The number of rotatable bonds is 4. The van der Waals surface area contributed by atoms with E-state index < -0.39 is 0 Å². The predicted octanol–water partition coefficient (Wildman–Crippen LogP) is 13.1. The second-order valence-electron chi connectivity index (χ2n) is 13.3. The largest absolute Gasteiger partial charge is 0.456 e. The Morgan fingerprint density at radius 1 is 0.314 bits per heavy atom. The number of hydrogen-bond donors (Lipinski definition) is 0. The summed E-state index contributed by atoms with van der Waals surface area (Å²) in [5.41, 5.74) is 13.6. The monoisotopic (exact) mass is 650 g/mol. The predicted molar refractivity (Wildman–Crippen MR) is 213 cm³/mol. The molecule has 3 heteroatoms. The molecule has 0 spiro atoms. The van der Waals surface area contributed by atoms with Crippen molar-refractivity contribution in [2.45, 2.75) is 0 Å². The molecule has 11 aromatic rings. The van der Waals surface area contributed by atoms with Crippen LogP contribution in [0.2, 0.25) is 0 Å². The van der Waals surface area contributed by atoms with Gasteiger partial charge in [0.2, 0.25) is 0 Å². The van der Waals surface area contributed by atoms with Gasteiger partial charge >= 0.3 is 0 Å². The molecule has 0 N–H and O–H groups in total. The van der Waals surface area contributed by atoms with Crippen molar-refractivity contribution in [1.82, 2.24) is 9.13 Å². The van der Waals surface area contributed by atoms with Gasteiger partial charge < -0.3 is 13.6 Å². The highest BCUT2D eigenvalue weighted by atomic mass is 16.3. The first-order valence-electron chi connectivity index (χ1n) is 17.4. The molecule has 0 atom stereocenters. The summed E-state index contributed by atoms with van der Waals surface area (Å²) in [6.07, 6.45) is 0. The van der Waals surface area contributed by atoms with E-state index in [2.05, 4.69) is 179 Å². The number of benzene rings is 8. The molecule has 3 aromatic heterocycles. The van der Waals surface area contributed by atoms with Gasteiger partial charge in [-0.2, -0.15) is 0 Å². The molecule has 238 valence electrons. The molecular formula is C48H30N2O. The lowest BCUT2D eigenvalue weighted by molar-refractivity contribution is 0.668. The summed E-state index contributed by atoms with van der Waals surface area (Å²) in [7, 11) is 0. The Labute approximate surface area is 293 Å². The highest BCUT2D eigenvalue weighted by molar-refractivity contribution is 6.26. The second kappa shape index (κ2) is 10.8. The van der Waals surface area contributed by atoms with Gasteiger partial charge in [0.1, 0.15) is 11.2 Å². The molecule has 0 radical (unpaired) electrons. The van der Waals surface area contributed by atoms with E-state index in [1.807, 2.05) is 12.1 Å². The summed E-state index contributed by atoms with van der Waals surface area (Å²) in [5.74, 6) is 0. The van der Waals surface area contributed by atoms with Crippen LogP contribution in [0.5, 0.6) is 0 Å². The van der Waals surface area contributed by atoms with Gasteiger partial charge in [0.05, 0.1) is 22.1 Å². The van der Waals surface area contributed by atoms with Gasteiger partial charge in [-0.1, -0.05) is 127 Å². The minimum absolute atomic E-state index is 0.892. The van der Waals surface area contributed by atoms with Crippen LogP contribution in [-0.4, -0.2) is 9.13 Å². The van der Waals surface area contributed by atoms with Crippen LogP contribution in [0.1, 0.15) is 0 Å². The van der Waals surface area contributed by atoms with Gasteiger partial charge in [0.25, 0.3) is 0 Å². The van der Waals surface area contributed by atoms with E-state index in [0.717, 1.165) is 33.3 Å². The van der Waals surface area contributed by atoms with Crippen molar-refractivity contribution in [3.05, 3.63) is 182 Å². The van der Waals surface area contributed by atoms with Crippen LogP contribution in [0, 0.1) is 0 Å². The Morgan fingerprint density at radius 3 is 1.73 bits per heavy atom. The first-order valence-corrected chi connectivity index (χ1v) is 17.4. The summed E-state index contributed by atoms with van der Waals surface area (Å²) in [6, 6.07) is 65.5. The van der Waals surface area contributed by atoms with Gasteiger partial charge in [0, 0.05) is 49.8 Å². The molecule has 11 rings (SSSR count). The summed E-state index contributed by atoms with van der Waals surface area (Å²) in [5, 5.41) is 7.20. The summed E-state index contributed by atoms with van der Waals surface area (Å²) < 4.78 is 11.3. The van der Waals surface area contributed by atoms with Crippen LogP contribution in [-0.2, 0) is 0 Å². The Kier molecular flexibility index (Phi) is 5.96. The number of para-hydroxylation sites is 3. The fraction of sp³-hybridized carbons (Fsp3) is 0. The van der Waals surface area contributed by atoms with Crippen molar-refractivity contribution in [1.29, 1.82) is 0 Å². The number of fused-ring (bicyclic) bond motifs is 10. The molecule has 0 bridgehead atoms. The highest BCUT2D eigenvalue weighted by Gasteiger charge is 2.21. The Balaban J connectivity index is 1.15. The van der Waals surface area contributed by atoms with Gasteiger partial charge in [-0.05, 0) is 70.8 Å². The van der Waals surface area contributed by atoms with Crippen molar-refractivity contribution in [3.63, 3.8) is 0 Å². The van der Waals surface area contributed by atoms with E-state index in [1.54, 1.807) is 0 Å². The van der Waals surface area contributed by atoms with Crippen molar-refractivity contribution in [2.75, 3.05) is 0 Å². The summed E-state index contributed by atoms with van der Waals surface area (Å²) in [4.78, 5) is 0. The quantitative estimate of drug-likeness (QED) is 0.186. The van der Waals surface area contributed by atoms with Crippen LogP contribution in [0.25, 0.3) is 99.2 Å². The lowest BCUT2D eigenvalue weighted by Crippen LogP contribution is -1.95. The topological polar surface area (TPSA) is 23.0 Å². The Bertz CT molecular complexity index is 3120. The van der Waals surface area contributed by atoms with Crippen molar-refractivity contribution >= 4 is 65.6 Å². The van der Waals surface area contributed by atoms with E-state index in [9.17, 15) is 0 Å². The van der Waals surface area contributed by atoms with Crippen LogP contribution in [0.4, 0.5) is 0 Å². The molecule has 0 unspecified atom stereocenters. The zero-order valence-electron chi connectivity index (χ0n) is 27.6. The minimum Gasteiger partial charge on any atom is -0.456 e. The second-order valence-corrected chi connectivity index (χ2v) is 13.3. The van der Waals surface area contributed by atoms with E-state index >= 15 is 0 Å². The molecular weight excluding hydrogens is 621 g/mol. The molecule has 3 heterocycles. The number of furan rings is 1. The lowest BCUT2D eigenvalue weighted by atomic mass is 10.00. The first kappa shape index (κ1) is 28.0. The highest BCUT2D eigenvalue weighted by Crippen LogP contribution is 2.43. The van der Waals surface area contributed by atoms with Crippen LogP contribution in [0.15, 0.2) is 186 Å². The lowest BCUT2D eigenvalue weighted by Gasteiger charge is -2.12. The zero-order valence-corrected chi connectivity index (χ0v) is 27.6. The van der Waals surface area contributed by atoms with E-state index in [1.165, 1.54) is 65.9 Å². The molecule has 8 aromatic carbocycles. The summed E-state index contributed by atoms with van der Waals surface area (Å²) >= 11 is 0. The molecule has 0 aliphatic carbocycles. The average Bonchev–Trinajstić information content (AvgIpc) is 3.85. The van der Waals surface area contributed by atoms with E-state index in [-0.39, 0.29) is 0 Å². The third-order valence-electron chi connectivity index (χ3n) is 10.5. The van der Waals surface area contributed by atoms with Crippen LogP contribution < -0.4 is 0 Å². The zero-order chi connectivity index (χ0) is 33.5. The maximum atomic E-state index is 6.39. The molecule has 0 aliphatic heterocycles. The molecule has 0 aliphatic rings. The molecule has 0 saturated heterocycles. The Hall–Kier alpha value is -6.84.